The van der Waals surface area contributed by atoms with E-state index in [4.69, 9.17) is 11.6 Å². The van der Waals surface area contributed by atoms with Gasteiger partial charge < -0.3 is 0 Å². The highest BCUT2D eigenvalue weighted by Crippen LogP contribution is 2.38. The molecule has 4 rings (SSSR count). The third-order valence-corrected chi connectivity index (χ3v) is 6.10. The molecular formula is C24H21ClN2O4. The van der Waals surface area contributed by atoms with Crippen molar-refractivity contribution in [1.82, 2.24) is 10.0 Å². The topological polar surface area (TPSA) is 74.8 Å². The number of carbonyl (C=O) groups is 4. The number of imide groups is 1. The summed E-state index contributed by atoms with van der Waals surface area (Å²) in [6, 6.07) is 14.8. The molecule has 2 aromatic carbocycles. The number of fused-ring (bicyclic) bond motifs is 1. The lowest BCUT2D eigenvalue weighted by atomic mass is 9.82. The molecule has 0 spiro atoms. The Morgan fingerprint density at radius 2 is 1.65 bits per heavy atom. The molecule has 0 aromatic heterocycles. The monoisotopic (exact) mass is 436 g/mol. The van der Waals surface area contributed by atoms with Gasteiger partial charge in [-0.1, -0.05) is 65.7 Å². The summed E-state index contributed by atoms with van der Waals surface area (Å²) in [4.78, 5) is 52.7. The molecule has 0 bridgehead atoms. The van der Waals surface area contributed by atoms with Crippen molar-refractivity contribution in [3.8, 4) is 0 Å². The molecule has 1 aliphatic carbocycles. The number of ketones is 1. The first kappa shape index (κ1) is 21.0. The predicted molar refractivity (Wildman–Crippen MR) is 115 cm³/mol. The van der Waals surface area contributed by atoms with Crippen LogP contribution >= 0.6 is 11.6 Å². The first-order chi connectivity index (χ1) is 14.9. The van der Waals surface area contributed by atoms with Gasteiger partial charge in [0.1, 0.15) is 6.54 Å². The van der Waals surface area contributed by atoms with Crippen LogP contribution in [-0.2, 0) is 9.59 Å². The van der Waals surface area contributed by atoms with Gasteiger partial charge in [-0.2, -0.15) is 5.01 Å². The number of allylic oxidation sites excluding steroid dienone is 2. The Morgan fingerprint density at radius 1 is 1.00 bits per heavy atom. The van der Waals surface area contributed by atoms with E-state index in [9.17, 15) is 19.2 Å². The van der Waals surface area contributed by atoms with Crippen molar-refractivity contribution in [1.29, 1.82) is 0 Å². The van der Waals surface area contributed by atoms with Gasteiger partial charge in [0.25, 0.3) is 17.7 Å². The maximum atomic E-state index is 13.4. The number of hydrazine groups is 1. The van der Waals surface area contributed by atoms with Gasteiger partial charge in [-0.3, -0.25) is 19.2 Å². The minimum absolute atomic E-state index is 0.120. The van der Waals surface area contributed by atoms with E-state index >= 15 is 0 Å². The minimum Gasteiger partial charge on any atom is -0.292 e. The lowest BCUT2D eigenvalue weighted by molar-refractivity contribution is -0.154. The normalized spacial score (nSPS) is 20.3. The number of carbonyl (C=O) groups excluding carboxylic acids is 4. The predicted octanol–water partition coefficient (Wildman–Crippen LogP) is 3.92. The Kier molecular flexibility index (Phi) is 5.74. The Morgan fingerprint density at radius 3 is 2.35 bits per heavy atom. The summed E-state index contributed by atoms with van der Waals surface area (Å²) >= 11 is 6.21. The second-order valence-corrected chi connectivity index (χ2v) is 8.23. The Bertz CT molecular complexity index is 1100. The largest absolute Gasteiger partial charge is 0.292 e. The summed E-state index contributed by atoms with van der Waals surface area (Å²) in [5.74, 6) is -3.01. The van der Waals surface area contributed by atoms with Gasteiger partial charge in [-0.15, -0.1) is 0 Å². The molecule has 0 radical (unpaired) electrons. The van der Waals surface area contributed by atoms with Crippen LogP contribution in [-0.4, -0.2) is 40.1 Å². The fourth-order valence-corrected chi connectivity index (χ4v) is 4.33. The van der Waals surface area contributed by atoms with Crippen molar-refractivity contribution in [2.45, 2.75) is 19.8 Å². The van der Waals surface area contributed by atoms with Gasteiger partial charge in [-0.25, -0.2) is 5.01 Å². The lowest BCUT2D eigenvalue weighted by Crippen LogP contribution is -2.52. The number of halogens is 1. The number of benzene rings is 2. The zero-order chi connectivity index (χ0) is 22.1. The summed E-state index contributed by atoms with van der Waals surface area (Å²) in [7, 11) is 0. The fourth-order valence-electron chi connectivity index (χ4n) is 4.12. The van der Waals surface area contributed by atoms with E-state index in [2.05, 4.69) is 0 Å². The molecular weight excluding hydrogens is 416 g/mol. The van der Waals surface area contributed by atoms with Crippen molar-refractivity contribution in [3.63, 3.8) is 0 Å². The van der Waals surface area contributed by atoms with Crippen LogP contribution in [0.4, 0.5) is 0 Å². The molecule has 0 N–H and O–H groups in total. The summed E-state index contributed by atoms with van der Waals surface area (Å²) in [6.45, 7) is 1.47. The maximum absolute atomic E-state index is 13.4. The van der Waals surface area contributed by atoms with Crippen molar-refractivity contribution in [2.24, 2.45) is 11.8 Å². The number of hydrogen-bond acceptors (Lipinski definition) is 4. The zero-order valence-electron chi connectivity index (χ0n) is 17.0. The fraction of sp³-hybridized carbons (Fsp3) is 0.250. The molecule has 0 unspecified atom stereocenters. The van der Waals surface area contributed by atoms with E-state index in [0.717, 1.165) is 15.6 Å². The smallest absolute Gasteiger partial charge is 0.274 e. The second kappa shape index (κ2) is 8.47. The van der Waals surface area contributed by atoms with Crippen molar-refractivity contribution < 1.29 is 19.2 Å². The van der Waals surface area contributed by atoms with Crippen LogP contribution < -0.4 is 0 Å². The lowest BCUT2D eigenvalue weighted by Gasteiger charge is -2.30. The molecule has 3 amide bonds. The van der Waals surface area contributed by atoms with E-state index in [1.807, 2.05) is 13.0 Å². The third-order valence-electron chi connectivity index (χ3n) is 5.77. The highest BCUT2D eigenvalue weighted by atomic mass is 35.5. The van der Waals surface area contributed by atoms with E-state index < -0.39 is 36.1 Å². The summed E-state index contributed by atoms with van der Waals surface area (Å²) < 4.78 is 0. The molecule has 2 aromatic rings. The molecule has 0 saturated carbocycles. The molecule has 2 atom stereocenters. The van der Waals surface area contributed by atoms with Gasteiger partial charge in [-0.05, 0) is 31.9 Å². The SMILES string of the molecule is CC1=CC[C@H]2C(=O)N(N(CC(=O)c3ccccc3)C(=O)c3ccccc3Cl)C(=O)[C@H]2C1. The van der Waals surface area contributed by atoms with Gasteiger partial charge in [0.15, 0.2) is 5.78 Å². The van der Waals surface area contributed by atoms with E-state index in [0.29, 0.717) is 18.4 Å². The molecule has 31 heavy (non-hydrogen) atoms. The molecule has 1 saturated heterocycles. The van der Waals surface area contributed by atoms with Crippen LogP contribution in [0.2, 0.25) is 5.02 Å². The highest BCUT2D eigenvalue weighted by Gasteiger charge is 2.51. The molecule has 1 heterocycles. The molecule has 158 valence electrons. The van der Waals surface area contributed by atoms with Crippen molar-refractivity contribution >= 4 is 35.1 Å². The van der Waals surface area contributed by atoms with E-state index in [-0.39, 0.29) is 16.4 Å². The van der Waals surface area contributed by atoms with Gasteiger partial charge in [0.2, 0.25) is 0 Å². The van der Waals surface area contributed by atoms with Gasteiger partial charge in [0, 0.05) is 5.56 Å². The zero-order valence-corrected chi connectivity index (χ0v) is 17.7. The first-order valence-corrected chi connectivity index (χ1v) is 10.4. The standard InChI is InChI=1S/C24H21ClN2O4/c1-15-11-12-17-19(13-15)24(31)27(23(17)30)26(14-21(28)16-7-3-2-4-8-16)22(29)18-9-5-6-10-20(18)25/h2-11,17,19H,12-14H2,1H3/t17-,19+/m1/s1. The highest BCUT2D eigenvalue weighted by molar-refractivity contribution is 6.34. The Balaban J connectivity index is 1.71. The van der Waals surface area contributed by atoms with Gasteiger partial charge >= 0.3 is 0 Å². The van der Waals surface area contributed by atoms with Crippen LogP contribution in [0.25, 0.3) is 0 Å². The number of amides is 3. The molecule has 2 aliphatic rings. The van der Waals surface area contributed by atoms with Crippen LogP contribution in [0, 0.1) is 11.8 Å². The second-order valence-electron chi connectivity index (χ2n) is 7.82. The molecule has 6 nitrogen and oxygen atoms in total. The van der Waals surface area contributed by atoms with E-state index in [1.165, 1.54) is 6.07 Å². The number of nitrogens with zero attached hydrogens (tertiary/aromatic N) is 2. The number of Topliss-reactive ketones (excluding diaryl/α,β-unsaturated/α-hetero) is 1. The quantitative estimate of drug-likeness (QED) is 0.404. The average Bonchev–Trinajstić information content (AvgIpc) is 3.02. The molecule has 7 heteroatoms. The molecule has 1 fully saturated rings. The molecule has 1 aliphatic heterocycles. The first-order valence-electron chi connectivity index (χ1n) is 10.1. The van der Waals surface area contributed by atoms with Crippen LogP contribution in [0.3, 0.4) is 0 Å². The number of rotatable bonds is 5. The Labute approximate surface area is 185 Å². The number of hydrogen-bond donors (Lipinski definition) is 0. The van der Waals surface area contributed by atoms with Gasteiger partial charge in [0.05, 0.1) is 22.4 Å². The minimum atomic E-state index is -0.667. The summed E-state index contributed by atoms with van der Waals surface area (Å²) in [6.07, 6.45) is 2.86. The average molecular weight is 437 g/mol. The summed E-state index contributed by atoms with van der Waals surface area (Å²) in [5, 5.41) is 2.00. The van der Waals surface area contributed by atoms with Crippen molar-refractivity contribution in [2.75, 3.05) is 6.54 Å². The van der Waals surface area contributed by atoms with Crippen LogP contribution in [0.1, 0.15) is 40.5 Å². The Hall–Kier alpha value is -3.25. The maximum Gasteiger partial charge on any atom is 0.274 e. The summed E-state index contributed by atoms with van der Waals surface area (Å²) in [5.41, 5.74) is 1.54. The van der Waals surface area contributed by atoms with Crippen LogP contribution in [0.15, 0.2) is 66.2 Å². The third kappa shape index (κ3) is 3.91. The van der Waals surface area contributed by atoms with E-state index in [1.54, 1.807) is 48.5 Å². The van der Waals surface area contributed by atoms with Crippen LogP contribution in [0.5, 0.6) is 0 Å². The van der Waals surface area contributed by atoms with Crippen molar-refractivity contribution in [3.05, 3.63) is 82.4 Å².